The van der Waals surface area contributed by atoms with E-state index < -0.39 is 0 Å². The van der Waals surface area contributed by atoms with Gasteiger partial charge in [-0.3, -0.25) is 0 Å². The summed E-state index contributed by atoms with van der Waals surface area (Å²) in [5.74, 6) is 0. The Hall–Kier alpha value is -0.0800. The van der Waals surface area contributed by atoms with Crippen molar-refractivity contribution in [1.29, 1.82) is 0 Å². The SMILES string of the molecule is CCc1c(Br)ccnc1Cl. The maximum Gasteiger partial charge on any atom is 0.133 e. The molecule has 0 aliphatic rings. The molecular weight excluding hydrogens is 213 g/mol. The van der Waals surface area contributed by atoms with Gasteiger partial charge in [0.2, 0.25) is 0 Å². The zero-order chi connectivity index (χ0) is 7.56. The van der Waals surface area contributed by atoms with E-state index in [0.717, 1.165) is 16.5 Å². The predicted molar refractivity (Wildman–Crippen MR) is 46.3 cm³/mol. The van der Waals surface area contributed by atoms with Gasteiger partial charge in [-0.1, -0.05) is 34.5 Å². The standard InChI is InChI=1S/C7H7BrClN/c1-2-5-6(8)3-4-10-7(5)9/h3-4H,2H2,1H3. The van der Waals surface area contributed by atoms with Crippen LogP contribution in [0.4, 0.5) is 0 Å². The average molecular weight is 220 g/mol. The fraction of sp³-hybridized carbons (Fsp3) is 0.286. The second kappa shape index (κ2) is 3.35. The van der Waals surface area contributed by atoms with E-state index in [1.165, 1.54) is 0 Å². The Morgan fingerprint density at radius 1 is 1.70 bits per heavy atom. The van der Waals surface area contributed by atoms with Gasteiger partial charge < -0.3 is 0 Å². The maximum atomic E-state index is 5.79. The van der Waals surface area contributed by atoms with E-state index in [4.69, 9.17) is 11.6 Å². The highest BCUT2D eigenvalue weighted by Gasteiger charge is 2.01. The van der Waals surface area contributed by atoms with Crippen molar-refractivity contribution >= 4 is 27.5 Å². The van der Waals surface area contributed by atoms with Crippen LogP contribution in [0.1, 0.15) is 12.5 Å². The number of hydrogen-bond acceptors (Lipinski definition) is 1. The van der Waals surface area contributed by atoms with Gasteiger partial charge in [-0.25, -0.2) is 4.98 Å². The van der Waals surface area contributed by atoms with Gasteiger partial charge in [0.05, 0.1) is 0 Å². The summed E-state index contributed by atoms with van der Waals surface area (Å²) in [6.07, 6.45) is 2.60. The van der Waals surface area contributed by atoms with E-state index in [2.05, 4.69) is 20.9 Å². The van der Waals surface area contributed by atoms with Gasteiger partial charge in [0.25, 0.3) is 0 Å². The first-order valence-electron chi connectivity index (χ1n) is 3.04. The number of hydrogen-bond donors (Lipinski definition) is 0. The number of rotatable bonds is 1. The summed E-state index contributed by atoms with van der Waals surface area (Å²) in [5, 5.41) is 0.594. The van der Waals surface area contributed by atoms with Crippen molar-refractivity contribution in [2.75, 3.05) is 0 Å². The van der Waals surface area contributed by atoms with E-state index in [1.807, 2.05) is 13.0 Å². The normalized spacial score (nSPS) is 9.90. The molecule has 1 aromatic rings. The summed E-state index contributed by atoms with van der Waals surface area (Å²) in [6, 6.07) is 1.89. The Labute approximate surface area is 73.6 Å². The lowest BCUT2D eigenvalue weighted by Gasteiger charge is -2.00. The third-order valence-corrected chi connectivity index (χ3v) is 2.37. The van der Waals surface area contributed by atoms with Crippen LogP contribution in [0, 0.1) is 0 Å². The largest absolute Gasteiger partial charge is 0.244 e. The highest BCUT2D eigenvalue weighted by atomic mass is 79.9. The molecule has 10 heavy (non-hydrogen) atoms. The third kappa shape index (κ3) is 1.50. The van der Waals surface area contributed by atoms with E-state index in [0.29, 0.717) is 5.15 Å². The van der Waals surface area contributed by atoms with Gasteiger partial charge in [-0.15, -0.1) is 0 Å². The third-order valence-electron chi connectivity index (χ3n) is 1.30. The fourth-order valence-corrected chi connectivity index (χ4v) is 1.75. The number of nitrogens with zero attached hydrogens (tertiary/aromatic N) is 1. The Kier molecular flexibility index (Phi) is 2.69. The van der Waals surface area contributed by atoms with Crippen LogP contribution in [0.15, 0.2) is 16.7 Å². The predicted octanol–water partition coefficient (Wildman–Crippen LogP) is 3.06. The summed E-state index contributed by atoms with van der Waals surface area (Å²) in [6.45, 7) is 2.05. The van der Waals surface area contributed by atoms with Crippen LogP contribution in [0.5, 0.6) is 0 Å². The molecule has 0 radical (unpaired) electrons. The molecule has 0 spiro atoms. The van der Waals surface area contributed by atoms with Crippen molar-refractivity contribution in [3.05, 3.63) is 27.5 Å². The monoisotopic (exact) mass is 219 g/mol. The summed E-state index contributed by atoms with van der Waals surface area (Å²) < 4.78 is 1.04. The molecule has 1 rings (SSSR count). The second-order valence-corrected chi connectivity index (χ2v) is 3.13. The molecule has 54 valence electrons. The second-order valence-electron chi connectivity index (χ2n) is 1.92. The van der Waals surface area contributed by atoms with Gasteiger partial charge in [-0.05, 0) is 12.5 Å². The van der Waals surface area contributed by atoms with Crippen molar-refractivity contribution < 1.29 is 0 Å². The van der Waals surface area contributed by atoms with Gasteiger partial charge >= 0.3 is 0 Å². The van der Waals surface area contributed by atoms with Crippen molar-refractivity contribution in [3.8, 4) is 0 Å². The van der Waals surface area contributed by atoms with Gasteiger partial charge in [0.1, 0.15) is 5.15 Å². The molecule has 0 aliphatic heterocycles. The minimum absolute atomic E-state index is 0.594. The van der Waals surface area contributed by atoms with E-state index in [-0.39, 0.29) is 0 Å². The van der Waals surface area contributed by atoms with E-state index in [1.54, 1.807) is 6.20 Å². The molecule has 1 aromatic heterocycles. The van der Waals surface area contributed by atoms with Crippen LogP contribution in [-0.2, 0) is 6.42 Å². The van der Waals surface area contributed by atoms with Gasteiger partial charge in [0, 0.05) is 16.2 Å². The Bertz CT molecular complexity index is 217. The number of pyridine rings is 1. The van der Waals surface area contributed by atoms with E-state index in [9.17, 15) is 0 Å². The first kappa shape index (κ1) is 8.02. The quantitative estimate of drug-likeness (QED) is 0.663. The highest BCUT2D eigenvalue weighted by Crippen LogP contribution is 2.22. The Balaban J connectivity index is 3.17. The maximum absolute atomic E-state index is 5.79. The lowest BCUT2D eigenvalue weighted by Crippen LogP contribution is -1.86. The summed E-state index contributed by atoms with van der Waals surface area (Å²) >= 11 is 9.17. The van der Waals surface area contributed by atoms with Crippen LogP contribution in [0.2, 0.25) is 5.15 Å². The highest BCUT2D eigenvalue weighted by molar-refractivity contribution is 9.10. The fourth-order valence-electron chi connectivity index (χ4n) is 0.760. The zero-order valence-corrected chi connectivity index (χ0v) is 7.91. The molecule has 0 aliphatic carbocycles. The topological polar surface area (TPSA) is 12.9 Å². The smallest absolute Gasteiger partial charge is 0.133 e. The molecule has 0 saturated heterocycles. The minimum atomic E-state index is 0.594. The van der Waals surface area contributed by atoms with Crippen LogP contribution in [0.3, 0.4) is 0 Å². The Morgan fingerprint density at radius 2 is 2.40 bits per heavy atom. The van der Waals surface area contributed by atoms with Gasteiger partial charge in [0.15, 0.2) is 0 Å². The van der Waals surface area contributed by atoms with Crippen molar-refractivity contribution in [3.63, 3.8) is 0 Å². The molecule has 0 fully saturated rings. The Morgan fingerprint density at radius 3 is 2.80 bits per heavy atom. The zero-order valence-electron chi connectivity index (χ0n) is 5.56. The molecule has 0 saturated carbocycles. The molecule has 0 bridgehead atoms. The molecule has 0 atom stereocenters. The van der Waals surface area contributed by atoms with Crippen molar-refractivity contribution in [2.24, 2.45) is 0 Å². The molecule has 0 aromatic carbocycles. The van der Waals surface area contributed by atoms with Crippen LogP contribution < -0.4 is 0 Å². The first-order chi connectivity index (χ1) is 4.75. The lowest BCUT2D eigenvalue weighted by atomic mass is 10.2. The van der Waals surface area contributed by atoms with Crippen molar-refractivity contribution in [2.45, 2.75) is 13.3 Å². The number of aromatic nitrogens is 1. The lowest BCUT2D eigenvalue weighted by molar-refractivity contribution is 1.09. The average Bonchev–Trinajstić information content (AvgIpc) is 1.88. The summed E-state index contributed by atoms with van der Waals surface area (Å²) in [7, 11) is 0. The minimum Gasteiger partial charge on any atom is -0.244 e. The molecule has 0 amide bonds. The number of halogens is 2. The summed E-state index contributed by atoms with van der Waals surface area (Å²) in [4.78, 5) is 3.95. The van der Waals surface area contributed by atoms with Crippen LogP contribution in [0.25, 0.3) is 0 Å². The van der Waals surface area contributed by atoms with Crippen molar-refractivity contribution in [1.82, 2.24) is 4.98 Å². The molecular formula is C7H7BrClN. The van der Waals surface area contributed by atoms with Crippen LogP contribution >= 0.6 is 27.5 Å². The molecule has 1 heterocycles. The molecule has 3 heteroatoms. The van der Waals surface area contributed by atoms with Crippen LogP contribution in [-0.4, -0.2) is 4.98 Å². The molecule has 0 N–H and O–H groups in total. The first-order valence-corrected chi connectivity index (χ1v) is 4.21. The van der Waals surface area contributed by atoms with E-state index >= 15 is 0 Å². The van der Waals surface area contributed by atoms with Gasteiger partial charge in [-0.2, -0.15) is 0 Å². The summed E-state index contributed by atoms with van der Waals surface area (Å²) in [5.41, 5.74) is 1.07. The molecule has 0 unspecified atom stereocenters. The molecule has 1 nitrogen and oxygen atoms in total.